The van der Waals surface area contributed by atoms with Crippen molar-refractivity contribution in [2.24, 2.45) is 0 Å². The molecule has 6 heteroatoms. The average Bonchev–Trinajstić information content (AvgIpc) is 2.41. The topological polar surface area (TPSA) is 52.6 Å². The maximum Gasteiger partial charge on any atom is 0.339 e. The Kier molecular flexibility index (Phi) is 4.20. The lowest BCUT2D eigenvalue weighted by Gasteiger charge is -2.10. The first-order valence-electron chi connectivity index (χ1n) is 5.77. The van der Waals surface area contributed by atoms with E-state index in [-0.39, 0.29) is 10.6 Å². The van der Waals surface area contributed by atoms with Crippen LogP contribution in [0.4, 0.5) is 0 Å². The van der Waals surface area contributed by atoms with Gasteiger partial charge in [-0.1, -0.05) is 23.7 Å². The van der Waals surface area contributed by atoms with Gasteiger partial charge in [0.25, 0.3) is 0 Å². The normalized spacial score (nSPS) is 11.2. The van der Waals surface area contributed by atoms with Crippen molar-refractivity contribution in [3.8, 4) is 11.5 Å². The molecule has 0 radical (unpaired) electrons. The molecule has 0 aliphatic rings. The third-order valence-electron chi connectivity index (χ3n) is 2.67. The van der Waals surface area contributed by atoms with Crippen LogP contribution in [0.2, 0.25) is 5.02 Å². The van der Waals surface area contributed by atoms with Crippen molar-refractivity contribution in [1.82, 2.24) is 0 Å². The molecular formula is C14H13ClO4S. The van der Waals surface area contributed by atoms with Crippen molar-refractivity contribution in [2.45, 2.75) is 11.8 Å². The first-order valence-corrected chi connectivity index (χ1v) is 7.56. The molecule has 4 nitrogen and oxygen atoms in total. The fourth-order valence-electron chi connectivity index (χ4n) is 1.67. The molecule has 0 amide bonds. The molecule has 0 atom stereocenters. The fraction of sp³-hybridized carbons (Fsp3) is 0.143. The summed E-state index contributed by atoms with van der Waals surface area (Å²) in [5.74, 6) is 0.698. The highest BCUT2D eigenvalue weighted by atomic mass is 35.5. The Morgan fingerprint density at radius 1 is 1.05 bits per heavy atom. The molecule has 0 unspecified atom stereocenters. The van der Waals surface area contributed by atoms with Crippen molar-refractivity contribution in [2.75, 3.05) is 7.11 Å². The smallest absolute Gasteiger partial charge is 0.339 e. The van der Waals surface area contributed by atoms with Gasteiger partial charge in [-0.25, -0.2) is 0 Å². The van der Waals surface area contributed by atoms with Gasteiger partial charge in [0.2, 0.25) is 0 Å². The van der Waals surface area contributed by atoms with Crippen molar-refractivity contribution in [1.29, 1.82) is 0 Å². The summed E-state index contributed by atoms with van der Waals surface area (Å²) in [6, 6.07) is 11.0. The fourth-order valence-corrected chi connectivity index (χ4v) is 3.09. The van der Waals surface area contributed by atoms with E-state index in [1.165, 1.54) is 19.2 Å². The SMILES string of the molecule is COc1cccc(OS(=O)(=O)c2cc(Cl)ccc2C)c1. The molecule has 0 heterocycles. The molecule has 2 aromatic carbocycles. The monoisotopic (exact) mass is 312 g/mol. The van der Waals surface area contributed by atoms with Crippen molar-refractivity contribution >= 4 is 21.7 Å². The van der Waals surface area contributed by atoms with Crippen LogP contribution in [0.3, 0.4) is 0 Å². The third kappa shape index (κ3) is 3.23. The predicted molar refractivity (Wildman–Crippen MR) is 77.0 cm³/mol. The molecule has 0 saturated carbocycles. The summed E-state index contributed by atoms with van der Waals surface area (Å²) in [6.45, 7) is 1.68. The van der Waals surface area contributed by atoms with Crippen LogP contribution in [0.25, 0.3) is 0 Å². The number of hydrogen-bond acceptors (Lipinski definition) is 4. The lowest BCUT2D eigenvalue weighted by atomic mass is 10.2. The Hall–Kier alpha value is -1.72. The highest BCUT2D eigenvalue weighted by Gasteiger charge is 2.20. The van der Waals surface area contributed by atoms with Gasteiger partial charge in [-0.15, -0.1) is 0 Å². The first kappa shape index (κ1) is 14.7. The number of rotatable bonds is 4. The van der Waals surface area contributed by atoms with E-state index in [0.717, 1.165) is 0 Å². The van der Waals surface area contributed by atoms with E-state index < -0.39 is 10.1 Å². The zero-order chi connectivity index (χ0) is 14.8. The molecule has 0 aliphatic carbocycles. The van der Waals surface area contributed by atoms with Gasteiger partial charge in [-0.2, -0.15) is 8.42 Å². The number of halogens is 1. The maximum atomic E-state index is 12.3. The van der Waals surface area contributed by atoms with Crippen molar-refractivity contribution in [3.05, 3.63) is 53.1 Å². The van der Waals surface area contributed by atoms with Crippen LogP contribution >= 0.6 is 11.6 Å². The highest BCUT2D eigenvalue weighted by Crippen LogP contribution is 2.26. The molecule has 0 saturated heterocycles. The third-order valence-corrected chi connectivity index (χ3v) is 4.29. The summed E-state index contributed by atoms with van der Waals surface area (Å²) in [5.41, 5.74) is 0.567. The standard InChI is InChI=1S/C14H13ClO4S/c1-10-6-7-11(15)8-14(10)20(16,17)19-13-5-3-4-12(9-13)18-2/h3-9H,1-2H3. The van der Waals surface area contributed by atoms with Crippen molar-refractivity contribution < 1.29 is 17.3 Å². The Labute approximate surface area is 123 Å². The second-order valence-corrected chi connectivity index (χ2v) is 6.08. The lowest BCUT2D eigenvalue weighted by molar-refractivity contribution is 0.411. The van der Waals surface area contributed by atoms with Gasteiger partial charge in [-0.3, -0.25) is 0 Å². The van der Waals surface area contributed by atoms with Crippen LogP contribution < -0.4 is 8.92 Å². The number of ether oxygens (including phenoxy) is 1. The largest absolute Gasteiger partial charge is 0.497 e. The van der Waals surface area contributed by atoms with Crippen LogP contribution in [0.1, 0.15) is 5.56 Å². The molecule has 0 spiro atoms. The first-order chi connectivity index (χ1) is 9.42. The van der Waals surface area contributed by atoms with E-state index in [1.807, 2.05) is 0 Å². The van der Waals surface area contributed by atoms with Gasteiger partial charge < -0.3 is 8.92 Å². The summed E-state index contributed by atoms with van der Waals surface area (Å²) in [5, 5.41) is 0.336. The number of benzene rings is 2. The summed E-state index contributed by atoms with van der Waals surface area (Å²) in [7, 11) is -2.44. The molecule has 20 heavy (non-hydrogen) atoms. The number of aryl methyl sites for hydroxylation is 1. The molecule has 106 valence electrons. The average molecular weight is 313 g/mol. The molecule has 0 aliphatic heterocycles. The Morgan fingerprint density at radius 2 is 1.75 bits per heavy atom. The van der Waals surface area contributed by atoms with Gasteiger partial charge >= 0.3 is 10.1 Å². The molecular weight excluding hydrogens is 300 g/mol. The lowest BCUT2D eigenvalue weighted by Crippen LogP contribution is -2.11. The van der Waals surface area contributed by atoms with Crippen LogP contribution in [-0.2, 0) is 10.1 Å². The van der Waals surface area contributed by atoms with Gasteiger partial charge in [-0.05, 0) is 36.8 Å². The summed E-state index contributed by atoms with van der Waals surface area (Å²) in [6.07, 6.45) is 0. The Bertz CT molecular complexity index is 726. The van der Waals surface area contributed by atoms with Crippen molar-refractivity contribution in [3.63, 3.8) is 0 Å². The van der Waals surface area contributed by atoms with E-state index in [9.17, 15) is 8.42 Å². The minimum absolute atomic E-state index is 0.0489. The van der Waals surface area contributed by atoms with Crippen LogP contribution in [0, 0.1) is 6.92 Å². The summed E-state index contributed by atoms with van der Waals surface area (Å²) in [4.78, 5) is 0.0489. The minimum Gasteiger partial charge on any atom is -0.497 e. The molecule has 0 fully saturated rings. The highest BCUT2D eigenvalue weighted by molar-refractivity contribution is 7.87. The van der Waals surface area contributed by atoms with Gasteiger partial charge in [0, 0.05) is 11.1 Å². The molecule has 2 aromatic rings. The predicted octanol–water partition coefficient (Wildman–Crippen LogP) is 3.42. The van der Waals surface area contributed by atoms with E-state index in [2.05, 4.69) is 0 Å². The van der Waals surface area contributed by atoms with Gasteiger partial charge in [0.15, 0.2) is 0 Å². The van der Waals surface area contributed by atoms with E-state index in [4.69, 9.17) is 20.5 Å². The van der Waals surface area contributed by atoms with Crippen LogP contribution in [0.15, 0.2) is 47.4 Å². The van der Waals surface area contributed by atoms with Crippen LogP contribution in [-0.4, -0.2) is 15.5 Å². The second-order valence-electron chi connectivity index (χ2n) is 4.13. The molecule has 0 N–H and O–H groups in total. The molecule has 0 aromatic heterocycles. The quantitative estimate of drug-likeness (QED) is 0.812. The zero-order valence-electron chi connectivity index (χ0n) is 11.0. The summed E-state index contributed by atoms with van der Waals surface area (Å²) >= 11 is 5.83. The summed E-state index contributed by atoms with van der Waals surface area (Å²) < 4.78 is 34.6. The number of methoxy groups -OCH3 is 1. The van der Waals surface area contributed by atoms with E-state index in [0.29, 0.717) is 16.3 Å². The van der Waals surface area contributed by atoms with Gasteiger partial charge in [0.05, 0.1) is 7.11 Å². The number of hydrogen-bond donors (Lipinski definition) is 0. The maximum absolute atomic E-state index is 12.3. The Morgan fingerprint density at radius 3 is 2.45 bits per heavy atom. The van der Waals surface area contributed by atoms with E-state index >= 15 is 0 Å². The van der Waals surface area contributed by atoms with E-state index in [1.54, 1.807) is 37.3 Å². The van der Waals surface area contributed by atoms with Crippen LogP contribution in [0.5, 0.6) is 11.5 Å². The molecule has 0 bridgehead atoms. The van der Waals surface area contributed by atoms with Gasteiger partial charge in [0.1, 0.15) is 16.4 Å². The Balaban J connectivity index is 2.38. The zero-order valence-corrected chi connectivity index (χ0v) is 12.5. The molecule has 2 rings (SSSR count). The minimum atomic E-state index is -3.93. The second kappa shape index (κ2) is 5.73.